The summed E-state index contributed by atoms with van der Waals surface area (Å²) < 4.78 is 5.37. The maximum absolute atomic E-state index is 5.37. The van der Waals surface area contributed by atoms with Crippen LogP contribution in [0.4, 0.5) is 5.69 Å². The van der Waals surface area contributed by atoms with Crippen molar-refractivity contribution in [3.63, 3.8) is 0 Å². The normalized spacial score (nSPS) is 17.4. The lowest BCUT2D eigenvalue weighted by atomic mass is 9.78. The van der Waals surface area contributed by atoms with E-state index in [9.17, 15) is 0 Å². The molecule has 0 spiro atoms. The molecule has 0 saturated carbocycles. The molecule has 3 heteroatoms. The molecule has 0 N–H and O–H groups in total. The molecule has 0 aliphatic heterocycles. The Kier molecular flexibility index (Phi) is 4.23. The van der Waals surface area contributed by atoms with Gasteiger partial charge in [0.05, 0.1) is 0 Å². The molecule has 0 saturated heterocycles. The molecule has 1 aromatic carbocycles. The fourth-order valence-electron chi connectivity index (χ4n) is 3.89. The lowest BCUT2D eigenvalue weighted by Crippen LogP contribution is -2.24. The summed E-state index contributed by atoms with van der Waals surface area (Å²) in [5, 5.41) is 4.40. The van der Waals surface area contributed by atoms with E-state index < -0.39 is 0 Å². The summed E-state index contributed by atoms with van der Waals surface area (Å²) >= 11 is 0. The third-order valence-corrected chi connectivity index (χ3v) is 4.96. The Morgan fingerprint density at radius 3 is 2.73 bits per heavy atom. The van der Waals surface area contributed by atoms with Gasteiger partial charge in [-0.2, -0.15) is 0 Å². The Bertz CT molecular complexity index is 655. The van der Waals surface area contributed by atoms with Crippen molar-refractivity contribution in [3.05, 3.63) is 46.3 Å². The van der Waals surface area contributed by atoms with Crippen molar-refractivity contribution in [2.24, 2.45) is 0 Å². The summed E-state index contributed by atoms with van der Waals surface area (Å²) in [5.41, 5.74) is 8.04. The molecular formula is C19H26N2O. The van der Waals surface area contributed by atoms with Crippen LogP contribution in [0.25, 0.3) is 0 Å². The number of anilines is 1. The Hall–Kier alpha value is -1.77. The van der Waals surface area contributed by atoms with Crippen molar-refractivity contribution in [2.75, 3.05) is 18.0 Å². The predicted octanol–water partition coefficient (Wildman–Crippen LogP) is 4.61. The van der Waals surface area contributed by atoms with Crippen LogP contribution in [0.2, 0.25) is 0 Å². The number of rotatable bonds is 4. The van der Waals surface area contributed by atoms with Crippen molar-refractivity contribution in [1.82, 2.24) is 5.16 Å². The lowest BCUT2D eigenvalue weighted by molar-refractivity contribution is 0.404. The number of nitrogens with zero attached hydrogens (tertiary/aromatic N) is 2. The molecule has 1 heterocycles. The summed E-state index contributed by atoms with van der Waals surface area (Å²) in [5.74, 6) is 0.372. The summed E-state index contributed by atoms with van der Waals surface area (Å²) in [4.78, 5) is 2.34. The second-order valence-corrected chi connectivity index (χ2v) is 6.35. The zero-order chi connectivity index (χ0) is 15.7. The molecule has 118 valence electrons. The maximum atomic E-state index is 5.37. The van der Waals surface area contributed by atoms with Crippen LogP contribution in [0.1, 0.15) is 60.6 Å². The highest BCUT2D eigenvalue weighted by atomic mass is 16.5. The first-order chi connectivity index (χ1) is 10.7. The molecule has 0 fully saturated rings. The summed E-state index contributed by atoms with van der Waals surface area (Å²) in [6.07, 6.45) is 5.40. The number of benzene rings is 1. The molecule has 3 rings (SSSR count). The van der Waals surface area contributed by atoms with Crippen molar-refractivity contribution < 1.29 is 4.52 Å². The third kappa shape index (κ3) is 2.53. The van der Waals surface area contributed by atoms with Crippen molar-refractivity contribution in [2.45, 2.75) is 52.9 Å². The standard InChI is InChI=1S/C19H26N2O/c1-5-21(6-2)18-12-22-20-19(18)16-9-7-8-15-14(4)10-13(3)11-17(15)16/h10-12,16H,5-9H2,1-4H3. The minimum Gasteiger partial charge on any atom is -0.368 e. The van der Waals surface area contributed by atoms with Crippen LogP contribution in [0, 0.1) is 13.8 Å². The zero-order valence-electron chi connectivity index (χ0n) is 14.1. The molecule has 22 heavy (non-hydrogen) atoms. The number of hydrogen-bond donors (Lipinski definition) is 0. The van der Waals surface area contributed by atoms with Crippen LogP contribution in [-0.4, -0.2) is 18.2 Å². The quantitative estimate of drug-likeness (QED) is 0.825. The van der Waals surface area contributed by atoms with Gasteiger partial charge < -0.3 is 9.42 Å². The largest absolute Gasteiger partial charge is 0.368 e. The molecular weight excluding hydrogens is 272 g/mol. The van der Waals surface area contributed by atoms with Gasteiger partial charge in [0, 0.05) is 19.0 Å². The Balaban J connectivity index is 2.07. The van der Waals surface area contributed by atoms with E-state index in [1.54, 1.807) is 0 Å². The first-order valence-corrected chi connectivity index (χ1v) is 8.44. The van der Waals surface area contributed by atoms with Gasteiger partial charge >= 0.3 is 0 Å². The van der Waals surface area contributed by atoms with E-state index in [0.29, 0.717) is 5.92 Å². The Morgan fingerprint density at radius 1 is 1.23 bits per heavy atom. The highest BCUT2D eigenvalue weighted by molar-refractivity contribution is 5.54. The molecule has 3 nitrogen and oxygen atoms in total. The Morgan fingerprint density at radius 2 is 2.00 bits per heavy atom. The monoisotopic (exact) mass is 298 g/mol. The number of fused-ring (bicyclic) bond motifs is 1. The third-order valence-electron chi connectivity index (χ3n) is 4.96. The van der Waals surface area contributed by atoms with Crippen LogP contribution in [0.5, 0.6) is 0 Å². The van der Waals surface area contributed by atoms with Crippen molar-refractivity contribution >= 4 is 5.69 Å². The SMILES string of the molecule is CCN(CC)c1conc1C1CCCc2c(C)cc(C)cc21. The average Bonchev–Trinajstić information content (AvgIpc) is 2.97. The topological polar surface area (TPSA) is 29.3 Å². The summed E-state index contributed by atoms with van der Waals surface area (Å²) in [6.45, 7) is 10.8. The zero-order valence-corrected chi connectivity index (χ0v) is 14.1. The van der Waals surface area contributed by atoms with Crippen LogP contribution in [-0.2, 0) is 6.42 Å². The molecule has 2 aromatic rings. The van der Waals surface area contributed by atoms with Gasteiger partial charge in [0.25, 0.3) is 0 Å². The van der Waals surface area contributed by atoms with E-state index in [1.165, 1.54) is 40.8 Å². The molecule has 1 atom stereocenters. The summed E-state index contributed by atoms with van der Waals surface area (Å²) in [6, 6.07) is 4.65. The molecule has 0 bridgehead atoms. The van der Waals surface area contributed by atoms with Crippen LogP contribution in [0.15, 0.2) is 22.9 Å². The molecule has 1 aliphatic carbocycles. The smallest absolute Gasteiger partial charge is 0.147 e. The molecule has 1 aromatic heterocycles. The Labute approximate surface area is 133 Å². The number of hydrogen-bond acceptors (Lipinski definition) is 3. The van der Waals surface area contributed by atoms with E-state index in [-0.39, 0.29) is 0 Å². The van der Waals surface area contributed by atoms with E-state index >= 15 is 0 Å². The minimum absolute atomic E-state index is 0.372. The lowest BCUT2D eigenvalue weighted by Gasteiger charge is -2.28. The molecule has 1 aliphatic rings. The maximum Gasteiger partial charge on any atom is 0.147 e. The summed E-state index contributed by atoms with van der Waals surface area (Å²) in [7, 11) is 0. The minimum atomic E-state index is 0.372. The van der Waals surface area contributed by atoms with E-state index in [2.05, 4.69) is 49.9 Å². The predicted molar refractivity (Wildman–Crippen MR) is 90.8 cm³/mol. The van der Waals surface area contributed by atoms with Gasteiger partial charge in [-0.3, -0.25) is 0 Å². The van der Waals surface area contributed by atoms with E-state index in [1.807, 2.05) is 6.26 Å². The molecule has 1 unspecified atom stereocenters. The highest BCUT2D eigenvalue weighted by Crippen LogP contribution is 2.41. The van der Waals surface area contributed by atoms with Gasteiger partial charge in [-0.15, -0.1) is 0 Å². The molecule has 0 radical (unpaired) electrons. The fraction of sp³-hybridized carbons (Fsp3) is 0.526. The van der Waals surface area contributed by atoms with E-state index in [4.69, 9.17) is 4.52 Å². The average molecular weight is 298 g/mol. The number of aryl methyl sites for hydroxylation is 2. The van der Waals surface area contributed by atoms with Gasteiger partial charge in [0.1, 0.15) is 17.6 Å². The van der Waals surface area contributed by atoms with Crippen LogP contribution < -0.4 is 4.90 Å². The van der Waals surface area contributed by atoms with Crippen molar-refractivity contribution in [3.8, 4) is 0 Å². The van der Waals surface area contributed by atoms with Gasteiger partial charge in [-0.05, 0) is 63.6 Å². The van der Waals surface area contributed by atoms with Crippen LogP contribution >= 0.6 is 0 Å². The molecule has 0 amide bonds. The van der Waals surface area contributed by atoms with Gasteiger partial charge in [0.2, 0.25) is 0 Å². The number of aromatic nitrogens is 1. The van der Waals surface area contributed by atoms with E-state index in [0.717, 1.165) is 25.2 Å². The van der Waals surface area contributed by atoms with Crippen molar-refractivity contribution in [1.29, 1.82) is 0 Å². The van der Waals surface area contributed by atoms with Gasteiger partial charge in [0.15, 0.2) is 0 Å². The first-order valence-electron chi connectivity index (χ1n) is 8.44. The second-order valence-electron chi connectivity index (χ2n) is 6.35. The van der Waals surface area contributed by atoms with Gasteiger partial charge in [-0.1, -0.05) is 22.9 Å². The first kappa shape index (κ1) is 15.1. The fourth-order valence-corrected chi connectivity index (χ4v) is 3.89. The highest BCUT2D eigenvalue weighted by Gasteiger charge is 2.29. The second kappa shape index (κ2) is 6.15. The van der Waals surface area contributed by atoms with Crippen LogP contribution in [0.3, 0.4) is 0 Å². The van der Waals surface area contributed by atoms with Gasteiger partial charge in [-0.25, -0.2) is 0 Å².